The predicted molar refractivity (Wildman–Crippen MR) is 78.8 cm³/mol. The fourth-order valence-corrected chi connectivity index (χ4v) is 3.19. The molecule has 0 fully saturated rings. The van der Waals surface area contributed by atoms with E-state index < -0.39 is 10.0 Å². The van der Waals surface area contributed by atoms with E-state index in [1.165, 1.54) is 12.4 Å². The van der Waals surface area contributed by atoms with Gasteiger partial charge in [-0.15, -0.1) is 0 Å². The molecule has 0 aliphatic carbocycles. The van der Waals surface area contributed by atoms with Gasteiger partial charge >= 0.3 is 0 Å². The smallest absolute Gasteiger partial charge is 0.243 e. The largest absolute Gasteiger partial charge is 0.399 e. The summed E-state index contributed by atoms with van der Waals surface area (Å²) in [7, 11) is -3.64. The molecule has 1 aromatic carbocycles. The standard InChI is InChI=1S/C13H13N5O2S/c14-9-3-4-11-12(6-9)15-8-13(11)21(19,20)17-7-10-2-1-5-16-18-10/h1-6,8,15,17H,7,14H2. The summed E-state index contributed by atoms with van der Waals surface area (Å²) < 4.78 is 27.2. The molecule has 0 bridgehead atoms. The Labute approximate surface area is 121 Å². The lowest BCUT2D eigenvalue weighted by atomic mass is 10.2. The van der Waals surface area contributed by atoms with Crippen LogP contribution < -0.4 is 10.5 Å². The van der Waals surface area contributed by atoms with Gasteiger partial charge in [0.1, 0.15) is 4.90 Å². The number of nitrogen functional groups attached to an aromatic ring is 1. The molecule has 0 radical (unpaired) electrons. The highest BCUT2D eigenvalue weighted by atomic mass is 32.2. The number of H-pyrrole nitrogens is 1. The van der Waals surface area contributed by atoms with Crippen molar-refractivity contribution in [1.82, 2.24) is 19.9 Å². The third-order valence-corrected chi connectivity index (χ3v) is 4.47. The Morgan fingerprint density at radius 2 is 2.14 bits per heavy atom. The average molecular weight is 303 g/mol. The van der Waals surface area contributed by atoms with Gasteiger partial charge in [-0.25, -0.2) is 13.1 Å². The van der Waals surface area contributed by atoms with Gasteiger partial charge in [0, 0.05) is 29.0 Å². The Morgan fingerprint density at radius 1 is 1.29 bits per heavy atom. The highest BCUT2D eigenvalue weighted by molar-refractivity contribution is 7.89. The number of aromatic amines is 1. The molecule has 8 heteroatoms. The molecule has 0 unspecified atom stereocenters. The van der Waals surface area contributed by atoms with Gasteiger partial charge < -0.3 is 10.7 Å². The van der Waals surface area contributed by atoms with Gasteiger partial charge in [-0.05, 0) is 30.3 Å². The lowest BCUT2D eigenvalue weighted by Crippen LogP contribution is -2.23. The predicted octanol–water partition coefficient (Wildman–Crippen LogP) is 1.02. The Balaban J connectivity index is 1.90. The summed E-state index contributed by atoms with van der Waals surface area (Å²) in [5, 5.41) is 8.13. The maximum absolute atomic E-state index is 12.4. The van der Waals surface area contributed by atoms with Gasteiger partial charge in [-0.1, -0.05) is 0 Å². The van der Waals surface area contributed by atoms with Gasteiger partial charge in [0.2, 0.25) is 10.0 Å². The van der Waals surface area contributed by atoms with Crippen LogP contribution in [0.25, 0.3) is 10.9 Å². The quantitative estimate of drug-likeness (QED) is 0.623. The molecule has 3 rings (SSSR count). The number of benzene rings is 1. The Hall–Kier alpha value is -2.45. The van der Waals surface area contributed by atoms with Crippen LogP contribution in [0.2, 0.25) is 0 Å². The zero-order chi connectivity index (χ0) is 14.9. The lowest BCUT2D eigenvalue weighted by molar-refractivity contribution is 0.581. The molecule has 21 heavy (non-hydrogen) atoms. The molecule has 0 aliphatic heterocycles. The molecule has 108 valence electrons. The maximum Gasteiger partial charge on any atom is 0.243 e. The summed E-state index contributed by atoms with van der Waals surface area (Å²) in [6.45, 7) is 0.0812. The number of rotatable bonds is 4. The summed E-state index contributed by atoms with van der Waals surface area (Å²) in [6, 6.07) is 8.43. The van der Waals surface area contributed by atoms with Crippen molar-refractivity contribution >= 4 is 26.6 Å². The molecule has 0 saturated carbocycles. The van der Waals surface area contributed by atoms with E-state index in [0.29, 0.717) is 22.3 Å². The molecule has 2 heterocycles. The maximum atomic E-state index is 12.4. The fourth-order valence-electron chi connectivity index (χ4n) is 2.01. The summed E-state index contributed by atoms with van der Waals surface area (Å²) in [4.78, 5) is 3.09. The first-order valence-corrected chi connectivity index (χ1v) is 7.67. The second kappa shape index (κ2) is 5.15. The van der Waals surface area contributed by atoms with E-state index in [9.17, 15) is 8.42 Å². The third-order valence-electron chi connectivity index (χ3n) is 3.03. The summed E-state index contributed by atoms with van der Waals surface area (Å²) in [6.07, 6.45) is 2.98. The van der Waals surface area contributed by atoms with Gasteiger partial charge in [0.15, 0.2) is 0 Å². The van der Waals surface area contributed by atoms with Crippen LogP contribution in [0.4, 0.5) is 5.69 Å². The monoisotopic (exact) mass is 303 g/mol. The second-order valence-electron chi connectivity index (χ2n) is 4.50. The number of anilines is 1. The van der Waals surface area contributed by atoms with Crippen molar-refractivity contribution in [3.05, 3.63) is 48.4 Å². The Morgan fingerprint density at radius 3 is 2.90 bits per heavy atom. The van der Waals surface area contributed by atoms with E-state index in [1.54, 1.807) is 30.3 Å². The summed E-state index contributed by atoms with van der Waals surface area (Å²) in [5.74, 6) is 0. The van der Waals surface area contributed by atoms with Crippen LogP contribution in [0, 0.1) is 0 Å². The zero-order valence-electron chi connectivity index (χ0n) is 10.9. The topological polar surface area (TPSA) is 114 Å². The van der Waals surface area contributed by atoms with Gasteiger partial charge in [-0.3, -0.25) is 0 Å². The number of aromatic nitrogens is 3. The first-order valence-electron chi connectivity index (χ1n) is 6.19. The van der Waals surface area contributed by atoms with Crippen LogP contribution in [0.1, 0.15) is 5.69 Å². The molecular formula is C13H13N5O2S. The van der Waals surface area contributed by atoms with Crippen molar-refractivity contribution in [3.8, 4) is 0 Å². The molecular weight excluding hydrogens is 290 g/mol. The molecule has 0 amide bonds. The summed E-state index contributed by atoms with van der Waals surface area (Å²) >= 11 is 0. The lowest BCUT2D eigenvalue weighted by Gasteiger charge is -2.05. The van der Waals surface area contributed by atoms with Crippen molar-refractivity contribution in [2.24, 2.45) is 0 Å². The zero-order valence-corrected chi connectivity index (χ0v) is 11.8. The van der Waals surface area contributed by atoms with Crippen LogP contribution in [-0.4, -0.2) is 23.6 Å². The molecule has 2 aromatic heterocycles. The number of hydrogen-bond acceptors (Lipinski definition) is 5. The molecule has 7 nitrogen and oxygen atoms in total. The second-order valence-corrected chi connectivity index (χ2v) is 6.23. The van der Waals surface area contributed by atoms with Crippen molar-refractivity contribution in [3.63, 3.8) is 0 Å². The summed E-state index contributed by atoms with van der Waals surface area (Å²) in [5.41, 5.74) is 7.47. The van der Waals surface area contributed by atoms with Crippen molar-refractivity contribution in [1.29, 1.82) is 0 Å². The van der Waals surface area contributed by atoms with E-state index in [1.807, 2.05) is 0 Å². The minimum absolute atomic E-state index is 0.0812. The molecule has 0 atom stereocenters. The Kier molecular flexibility index (Phi) is 3.32. The molecule has 3 aromatic rings. The normalized spacial score (nSPS) is 11.8. The van der Waals surface area contributed by atoms with E-state index >= 15 is 0 Å². The number of hydrogen-bond donors (Lipinski definition) is 3. The van der Waals surface area contributed by atoms with E-state index in [-0.39, 0.29) is 11.4 Å². The molecule has 0 aliphatic rings. The first-order chi connectivity index (χ1) is 10.1. The van der Waals surface area contributed by atoms with Crippen molar-refractivity contribution in [2.45, 2.75) is 11.4 Å². The van der Waals surface area contributed by atoms with Crippen LogP contribution in [0.5, 0.6) is 0 Å². The van der Waals surface area contributed by atoms with Crippen LogP contribution in [0.15, 0.2) is 47.6 Å². The number of sulfonamides is 1. The molecule has 0 spiro atoms. The van der Waals surface area contributed by atoms with Gasteiger partial charge in [-0.2, -0.15) is 10.2 Å². The SMILES string of the molecule is Nc1ccc2c(S(=O)(=O)NCc3cccnn3)c[nH]c2c1. The molecule has 4 N–H and O–H groups in total. The highest BCUT2D eigenvalue weighted by Gasteiger charge is 2.18. The van der Waals surface area contributed by atoms with Crippen molar-refractivity contribution in [2.75, 3.05) is 5.73 Å². The fraction of sp³-hybridized carbons (Fsp3) is 0.0769. The average Bonchev–Trinajstić information content (AvgIpc) is 2.90. The van der Waals surface area contributed by atoms with Crippen LogP contribution in [-0.2, 0) is 16.6 Å². The number of nitrogens with zero attached hydrogens (tertiary/aromatic N) is 2. The van der Waals surface area contributed by atoms with E-state index in [2.05, 4.69) is 19.9 Å². The van der Waals surface area contributed by atoms with E-state index in [0.717, 1.165) is 0 Å². The number of fused-ring (bicyclic) bond motifs is 1. The number of nitrogens with one attached hydrogen (secondary N) is 2. The van der Waals surface area contributed by atoms with Gasteiger partial charge in [0.05, 0.1) is 12.2 Å². The highest BCUT2D eigenvalue weighted by Crippen LogP contribution is 2.24. The Bertz CT molecular complexity index is 874. The third kappa shape index (κ3) is 2.71. The van der Waals surface area contributed by atoms with Gasteiger partial charge in [0.25, 0.3) is 0 Å². The minimum atomic E-state index is -3.64. The van der Waals surface area contributed by atoms with Crippen LogP contribution >= 0.6 is 0 Å². The van der Waals surface area contributed by atoms with E-state index in [4.69, 9.17) is 5.73 Å². The van der Waals surface area contributed by atoms with Crippen LogP contribution in [0.3, 0.4) is 0 Å². The number of nitrogens with two attached hydrogens (primary N) is 1. The minimum Gasteiger partial charge on any atom is -0.399 e. The van der Waals surface area contributed by atoms with Crippen molar-refractivity contribution < 1.29 is 8.42 Å². The molecule has 0 saturated heterocycles. The first kappa shape index (κ1) is 13.5.